The number of thiazole rings is 1. The number of aliphatic imine (C=N–C) groups is 1. The van der Waals surface area contributed by atoms with Crippen LogP contribution < -0.4 is 5.32 Å². The van der Waals surface area contributed by atoms with Crippen molar-refractivity contribution in [3.63, 3.8) is 0 Å². The fraction of sp³-hybridized carbons (Fsp3) is 0.517. The third kappa shape index (κ3) is 9.51. The molecular formula is C29H38N4O8S. The van der Waals surface area contributed by atoms with E-state index in [0.717, 1.165) is 21.7 Å². The minimum absolute atomic E-state index is 0.00497. The zero-order chi connectivity index (χ0) is 30.9. The van der Waals surface area contributed by atoms with Crippen molar-refractivity contribution >= 4 is 41.2 Å². The molecule has 2 aromatic rings. The van der Waals surface area contributed by atoms with E-state index in [2.05, 4.69) is 15.3 Å². The third-order valence-electron chi connectivity index (χ3n) is 6.68. The number of carboxylic acid groups (broad SMARTS) is 1. The number of likely N-dealkylation sites (tertiary alicyclic amines) is 1. The topological polar surface area (TPSA) is 168 Å². The molecule has 0 spiro atoms. The van der Waals surface area contributed by atoms with Crippen molar-refractivity contribution in [3.8, 4) is 10.4 Å². The van der Waals surface area contributed by atoms with Gasteiger partial charge >= 0.3 is 5.97 Å². The molecule has 0 aliphatic carbocycles. The lowest BCUT2D eigenvalue weighted by molar-refractivity contribution is -0.143. The van der Waals surface area contributed by atoms with E-state index < -0.39 is 47.9 Å². The van der Waals surface area contributed by atoms with Crippen molar-refractivity contribution in [2.75, 3.05) is 33.0 Å². The predicted molar refractivity (Wildman–Crippen MR) is 156 cm³/mol. The number of carbonyl (C=O) groups excluding carboxylic acids is 3. The quantitative estimate of drug-likeness (QED) is 0.230. The first-order valence-electron chi connectivity index (χ1n) is 13.6. The van der Waals surface area contributed by atoms with Crippen LogP contribution in [0, 0.1) is 18.3 Å². The van der Waals surface area contributed by atoms with Crippen molar-refractivity contribution in [1.82, 2.24) is 15.2 Å². The molecule has 0 bridgehead atoms. The molecule has 1 aromatic carbocycles. The number of aliphatic hydroxyl groups is 1. The molecule has 1 saturated heterocycles. The zero-order valence-corrected chi connectivity index (χ0v) is 25.1. The average molecular weight is 603 g/mol. The van der Waals surface area contributed by atoms with Gasteiger partial charge in [-0.05, 0) is 23.5 Å². The molecule has 228 valence electrons. The molecule has 2 heterocycles. The number of hydrogen-bond acceptors (Lipinski definition) is 9. The van der Waals surface area contributed by atoms with Gasteiger partial charge in [0.25, 0.3) is 5.91 Å². The number of ether oxygens (including phenoxy) is 2. The van der Waals surface area contributed by atoms with Crippen LogP contribution in [0.25, 0.3) is 10.4 Å². The number of aliphatic carboxylic acids is 1. The normalized spacial score (nSPS) is 17.9. The van der Waals surface area contributed by atoms with Gasteiger partial charge in [0.15, 0.2) is 0 Å². The van der Waals surface area contributed by atoms with Crippen LogP contribution >= 0.6 is 11.3 Å². The minimum Gasteiger partial charge on any atom is -0.480 e. The van der Waals surface area contributed by atoms with E-state index in [4.69, 9.17) is 14.6 Å². The number of benzene rings is 1. The van der Waals surface area contributed by atoms with Crippen LogP contribution in [0.2, 0.25) is 0 Å². The average Bonchev–Trinajstić information content (AvgIpc) is 3.54. The SMILES string of the molecule is Cc1ncsc1-c1ccc(CNC(=O)[C@@H]2C[C@@H](O)CN2C(=O)C(/C=N/C(=O)COCCOCC(=O)O)C(C)(C)C)cc1. The first kappa shape index (κ1) is 33.0. The van der Waals surface area contributed by atoms with E-state index in [1.165, 1.54) is 11.1 Å². The highest BCUT2D eigenvalue weighted by Gasteiger charge is 2.43. The number of carboxylic acids is 1. The summed E-state index contributed by atoms with van der Waals surface area (Å²) in [6, 6.07) is 6.94. The molecule has 1 aromatic heterocycles. The van der Waals surface area contributed by atoms with E-state index in [-0.39, 0.29) is 45.2 Å². The van der Waals surface area contributed by atoms with Crippen LogP contribution in [0.1, 0.15) is 38.4 Å². The maximum Gasteiger partial charge on any atom is 0.329 e. The van der Waals surface area contributed by atoms with Crippen LogP contribution in [0.15, 0.2) is 34.8 Å². The van der Waals surface area contributed by atoms with Crippen molar-refractivity contribution in [3.05, 3.63) is 41.0 Å². The maximum atomic E-state index is 13.6. The zero-order valence-electron chi connectivity index (χ0n) is 24.2. The predicted octanol–water partition coefficient (Wildman–Crippen LogP) is 2.07. The first-order chi connectivity index (χ1) is 19.9. The molecular weight excluding hydrogens is 564 g/mol. The molecule has 3 N–H and O–H groups in total. The molecule has 3 amide bonds. The second-order valence-corrected chi connectivity index (χ2v) is 11.9. The van der Waals surface area contributed by atoms with E-state index in [1.807, 2.05) is 52.0 Å². The Labute approximate surface area is 248 Å². The number of nitrogens with zero attached hydrogens (tertiary/aromatic N) is 3. The summed E-state index contributed by atoms with van der Waals surface area (Å²) in [6.07, 6.45) is 0.509. The van der Waals surface area contributed by atoms with Crippen LogP contribution in [0.4, 0.5) is 0 Å². The Bertz CT molecular complexity index is 1270. The number of rotatable bonds is 13. The van der Waals surface area contributed by atoms with Gasteiger partial charge in [-0.15, -0.1) is 11.3 Å². The van der Waals surface area contributed by atoms with E-state index in [0.29, 0.717) is 0 Å². The Morgan fingerprint density at radius 3 is 2.43 bits per heavy atom. The highest BCUT2D eigenvalue weighted by atomic mass is 32.1. The number of aromatic nitrogens is 1. The van der Waals surface area contributed by atoms with Gasteiger partial charge in [-0.3, -0.25) is 14.4 Å². The smallest absolute Gasteiger partial charge is 0.329 e. The summed E-state index contributed by atoms with van der Waals surface area (Å²) in [7, 11) is 0. The van der Waals surface area contributed by atoms with Gasteiger partial charge in [0.1, 0.15) is 19.3 Å². The monoisotopic (exact) mass is 602 g/mol. The highest BCUT2D eigenvalue weighted by Crippen LogP contribution is 2.30. The Balaban J connectivity index is 1.59. The molecule has 1 fully saturated rings. The van der Waals surface area contributed by atoms with Gasteiger partial charge in [0, 0.05) is 25.7 Å². The number of amides is 3. The minimum atomic E-state index is -1.10. The van der Waals surface area contributed by atoms with Gasteiger partial charge in [0.05, 0.1) is 41.3 Å². The second kappa shape index (κ2) is 15.1. The number of β-amino-alcohol motifs (C(OH)–C–C–N with tert-alkyl or cyclic N) is 1. The van der Waals surface area contributed by atoms with Crippen molar-refractivity contribution < 1.29 is 38.9 Å². The molecule has 1 aliphatic heterocycles. The summed E-state index contributed by atoms with van der Waals surface area (Å²) < 4.78 is 9.98. The van der Waals surface area contributed by atoms with Crippen LogP contribution in [-0.4, -0.2) is 95.1 Å². The van der Waals surface area contributed by atoms with Gasteiger partial charge in [0.2, 0.25) is 11.8 Å². The number of carbonyl (C=O) groups is 4. The van der Waals surface area contributed by atoms with Crippen LogP contribution in [0.3, 0.4) is 0 Å². The number of aryl methyl sites for hydroxylation is 1. The molecule has 3 rings (SSSR count). The summed E-state index contributed by atoms with van der Waals surface area (Å²) in [5.41, 5.74) is 4.06. The lowest BCUT2D eigenvalue weighted by atomic mass is 9.80. The standard InChI is InChI=1S/C29H38N4O8S/c1-18-26(42-17-32-18)20-7-5-19(6-8-20)12-31-27(38)23-11-21(34)14-33(23)28(39)22(29(2,3)4)13-30-24(35)15-40-9-10-41-16-25(36)37/h5-8,13,17,21-23,34H,9-12,14-16H2,1-4H3,(H,31,38)(H,36,37)/b30-13+/t21-,22?,23+/m1/s1. The molecule has 12 nitrogen and oxygen atoms in total. The van der Waals surface area contributed by atoms with E-state index >= 15 is 0 Å². The van der Waals surface area contributed by atoms with E-state index in [1.54, 1.807) is 16.8 Å². The second-order valence-electron chi connectivity index (χ2n) is 11.1. The molecule has 1 unspecified atom stereocenters. The molecule has 3 atom stereocenters. The summed E-state index contributed by atoms with van der Waals surface area (Å²) in [5.74, 6) is -3.36. The van der Waals surface area contributed by atoms with Gasteiger partial charge in [-0.25, -0.2) is 14.8 Å². The van der Waals surface area contributed by atoms with Gasteiger partial charge < -0.3 is 29.9 Å². The number of aliphatic hydroxyl groups excluding tert-OH is 1. The lowest BCUT2D eigenvalue weighted by Gasteiger charge is -2.32. The van der Waals surface area contributed by atoms with E-state index in [9.17, 15) is 24.3 Å². The molecule has 0 radical (unpaired) electrons. The molecule has 1 aliphatic rings. The number of hydrogen-bond donors (Lipinski definition) is 3. The number of nitrogens with one attached hydrogen (secondary N) is 1. The molecule has 0 saturated carbocycles. The Morgan fingerprint density at radius 1 is 1.17 bits per heavy atom. The lowest BCUT2D eigenvalue weighted by Crippen LogP contribution is -2.50. The van der Waals surface area contributed by atoms with Crippen LogP contribution in [-0.2, 0) is 35.2 Å². The molecule has 13 heteroatoms. The van der Waals surface area contributed by atoms with Gasteiger partial charge in [-0.2, -0.15) is 0 Å². The maximum absolute atomic E-state index is 13.6. The summed E-state index contributed by atoms with van der Waals surface area (Å²) in [4.78, 5) is 60.1. The highest BCUT2D eigenvalue weighted by molar-refractivity contribution is 7.13. The summed E-state index contributed by atoms with van der Waals surface area (Å²) in [5, 5.41) is 21.8. The van der Waals surface area contributed by atoms with Crippen molar-refractivity contribution in [1.29, 1.82) is 0 Å². The first-order valence-corrected chi connectivity index (χ1v) is 14.4. The molecule has 42 heavy (non-hydrogen) atoms. The Kier molecular flexibility index (Phi) is 11.9. The fourth-order valence-electron chi connectivity index (χ4n) is 4.43. The fourth-order valence-corrected chi connectivity index (χ4v) is 5.25. The third-order valence-corrected chi connectivity index (χ3v) is 7.66. The largest absolute Gasteiger partial charge is 0.480 e. The van der Waals surface area contributed by atoms with Crippen LogP contribution in [0.5, 0.6) is 0 Å². The Hall–Kier alpha value is -3.52. The summed E-state index contributed by atoms with van der Waals surface area (Å²) in [6.45, 7) is 6.86. The Morgan fingerprint density at radius 2 is 1.83 bits per heavy atom. The van der Waals surface area contributed by atoms with Gasteiger partial charge in [-0.1, -0.05) is 45.0 Å². The van der Waals surface area contributed by atoms with Crippen molar-refractivity contribution in [2.45, 2.75) is 52.8 Å². The summed E-state index contributed by atoms with van der Waals surface area (Å²) >= 11 is 1.56. The van der Waals surface area contributed by atoms with Crippen molar-refractivity contribution in [2.24, 2.45) is 16.3 Å².